The Labute approximate surface area is 80.7 Å². The molecule has 12 heavy (non-hydrogen) atoms. The van der Waals surface area contributed by atoms with Crippen LogP contribution in [-0.4, -0.2) is 16.1 Å². The van der Waals surface area contributed by atoms with Crippen LogP contribution in [0.25, 0.3) is 0 Å². The van der Waals surface area contributed by atoms with Gasteiger partial charge in [-0.1, -0.05) is 23.2 Å². The fraction of sp³-hybridized carbons (Fsp3) is 0.429. The first kappa shape index (κ1) is 9.55. The van der Waals surface area contributed by atoms with Gasteiger partial charge in [-0.3, -0.25) is 0 Å². The van der Waals surface area contributed by atoms with Crippen LogP contribution >= 0.6 is 23.2 Å². The quantitative estimate of drug-likeness (QED) is 0.699. The average Bonchev–Trinajstić information content (AvgIpc) is 1.96. The van der Waals surface area contributed by atoms with Crippen molar-refractivity contribution in [1.82, 2.24) is 9.97 Å². The molecule has 0 N–H and O–H groups in total. The number of rotatable bonds is 2. The van der Waals surface area contributed by atoms with Gasteiger partial charge >= 0.3 is 6.01 Å². The maximum absolute atomic E-state index is 5.63. The first-order valence-corrected chi connectivity index (χ1v) is 4.20. The summed E-state index contributed by atoms with van der Waals surface area (Å²) in [6.07, 6.45) is 1.44. The molecule has 0 saturated heterocycles. The van der Waals surface area contributed by atoms with Crippen molar-refractivity contribution in [2.45, 2.75) is 20.0 Å². The Morgan fingerprint density at radius 2 is 2.08 bits per heavy atom. The predicted octanol–water partition coefficient (Wildman–Crippen LogP) is 2.57. The van der Waals surface area contributed by atoms with Gasteiger partial charge < -0.3 is 4.74 Å². The number of halogens is 2. The molecule has 1 aromatic rings. The summed E-state index contributed by atoms with van der Waals surface area (Å²) in [6.45, 7) is 3.76. The molecule has 1 rings (SSSR count). The topological polar surface area (TPSA) is 35.0 Å². The molecule has 0 aliphatic carbocycles. The molecular weight excluding hydrogens is 199 g/mol. The molecule has 0 atom stereocenters. The van der Waals surface area contributed by atoms with E-state index in [9.17, 15) is 0 Å². The Morgan fingerprint density at radius 3 is 2.58 bits per heavy atom. The standard InChI is InChI=1S/C7H8Cl2N2O/c1-4(2)12-7-10-3-5(8)6(9)11-7/h3-4H,1-2H3. The van der Waals surface area contributed by atoms with Gasteiger partial charge in [-0.2, -0.15) is 4.98 Å². The van der Waals surface area contributed by atoms with Gasteiger partial charge in [0.1, 0.15) is 0 Å². The van der Waals surface area contributed by atoms with Crippen molar-refractivity contribution in [3.8, 4) is 6.01 Å². The summed E-state index contributed by atoms with van der Waals surface area (Å²) in [4.78, 5) is 7.64. The predicted molar refractivity (Wildman–Crippen MR) is 47.8 cm³/mol. The van der Waals surface area contributed by atoms with E-state index in [1.807, 2.05) is 13.8 Å². The number of hydrogen-bond donors (Lipinski definition) is 0. The van der Waals surface area contributed by atoms with Gasteiger partial charge in [-0.05, 0) is 13.8 Å². The highest BCUT2D eigenvalue weighted by molar-refractivity contribution is 6.41. The molecule has 0 aliphatic rings. The third kappa shape index (κ3) is 2.50. The molecule has 0 saturated carbocycles. The summed E-state index contributed by atoms with van der Waals surface area (Å²) in [5.41, 5.74) is 0. The van der Waals surface area contributed by atoms with Gasteiger partial charge in [0.15, 0.2) is 5.15 Å². The Bertz CT molecular complexity index is 278. The highest BCUT2D eigenvalue weighted by Crippen LogP contribution is 2.19. The summed E-state index contributed by atoms with van der Waals surface area (Å²) < 4.78 is 5.18. The molecule has 0 radical (unpaired) electrons. The molecule has 0 aliphatic heterocycles. The van der Waals surface area contributed by atoms with Gasteiger partial charge in [0.25, 0.3) is 0 Å². The number of ether oxygens (including phenoxy) is 1. The van der Waals surface area contributed by atoms with E-state index in [-0.39, 0.29) is 17.3 Å². The first-order chi connectivity index (χ1) is 5.59. The third-order valence-corrected chi connectivity index (χ3v) is 1.68. The van der Waals surface area contributed by atoms with Crippen molar-refractivity contribution in [3.63, 3.8) is 0 Å². The molecule has 66 valence electrons. The Kier molecular flexibility index (Phi) is 3.12. The maximum Gasteiger partial charge on any atom is 0.318 e. The number of nitrogens with zero attached hydrogens (tertiary/aromatic N) is 2. The van der Waals surface area contributed by atoms with Crippen LogP contribution in [0.5, 0.6) is 6.01 Å². The van der Waals surface area contributed by atoms with Crippen molar-refractivity contribution in [2.75, 3.05) is 0 Å². The van der Waals surface area contributed by atoms with Crippen LogP contribution in [-0.2, 0) is 0 Å². The van der Waals surface area contributed by atoms with Crippen LogP contribution in [0.1, 0.15) is 13.8 Å². The van der Waals surface area contributed by atoms with E-state index >= 15 is 0 Å². The Balaban J connectivity index is 2.82. The lowest BCUT2D eigenvalue weighted by Crippen LogP contribution is -2.08. The second kappa shape index (κ2) is 3.92. The zero-order chi connectivity index (χ0) is 9.14. The molecule has 0 fully saturated rings. The van der Waals surface area contributed by atoms with E-state index in [0.717, 1.165) is 0 Å². The minimum Gasteiger partial charge on any atom is -0.461 e. The fourth-order valence-corrected chi connectivity index (χ4v) is 0.811. The van der Waals surface area contributed by atoms with Crippen molar-refractivity contribution in [2.24, 2.45) is 0 Å². The van der Waals surface area contributed by atoms with E-state index in [2.05, 4.69) is 9.97 Å². The van der Waals surface area contributed by atoms with Crippen LogP contribution in [0.15, 0.2) is 6.20 Å². The Hall–Kier alpha value is -0.540. The van der Waals surface area contributed by atoms with E-state index in [4.69, 9.17) is 27.9 Å². The van der Waals surface area contributed by atoms with Gasteiger partial charge in [-0.25, -0.2) is 4.98 Å². The van der Waals surface area contributed by atoms with Crippen LogP contribution in [0.2, 0.25) is 10.2 Å². The van der Waals surface area contributed by atoms with Gasteiger partial charge in [0.2, 0.25) is 0 Å². The second-order valence-corrected chi connectivity index (χ2v) is 3.22. The molecule has 0 bridgehead atoms. The smallest absolute Gasteiger partial charge is 0.318 e. The monoisotopic (exact) mass is 206 g/mol. The molecule has 0 aromatic carbocycles. The largest absolute Gasteiger partial charge is 0.461 e. The zero-order valence-electron chi connectivity index (χ0n) is 6.71. The minimum absolute atomic E-state index is 0.0299. The SMILES string of the molecule is CC(C)Oc1ncc(Cl)c(Cl)n1. The van der Waals surface area contributed by atoms with Gasteiger partial charge in [0, 0.05) is 0 Å². The van der Waals surface area contributed by atoms with Crippen molar-refractivity contribution in [1.29, 1.82) is 0 Å². The van der Waals surface area contributed by atoms with Gasteiger partial charge in [0.05, 0.1) is 17.3 Å². The molecule has 1 aromatic heterocycles. The third-order valence-electron chi connectivity index (χ3n) is 1.02. The molecule has 5 heteroatoms. The number of hydrogen-bond acceptors (Lipinski definition) is 3. The normalized spacial score (nSPS) is 10.4. The van der Waals surface area contributed by atoms with Crippen molar-refractivity contribution < 1.29 is 4.74 Å². The molecule has 0 unspecified atom stereocenters. The minimum atomic E-state index is 0.0299. The highest BCUT2D eigenvalue weighted by atomic mass is 35.5. The van der Waals surface area contributed by atoms with Gasteiger partial charge in [-0.15, -0.1) is 0 Å². The summed E-state index contributed by atoms with van der Waals surface area (Å²) in [5, 5.41) is 0.537. The summed E-state index contributed by atoms with van der Waals surface area (Å²) >= 11 is 11.2. The summed E-state index contributed by atoms with van der Waals surface area (Å²) in [6, 6.07) is 0.249. The fourth-order valence-electron chi connectivity index (χ4n) is 0.599. The second-order valence-electron chi connectivity index (χ2n) is 2.46. The molecule has 0 spiro atoms. The van der Waals surface area contributed by atoms with Crippen molar-refractivity contribution >= 4 is 23.2 Å². The average molecular weight is 207 g/mol. The van der Waals surface area contributed by atoms with E-state index in [0.29, 0.717) is 5.02 Å². The Morgan fingerprint density at radius 1 is 1.42 bits per heavy atom. The maximum atomic E-state index is 5.63. The first-order valence-electron chi connectivity index (χ1n) is 3.44. The number of aromatic nitrogens is 2. The van der Waals surface area contributed by atoms with Crippen LogP contribution in [0.4, 0.5) is 0 Å². The van der Waals surface area contributed by atoms with Crippen LogP contribution in [0.3, 0.4) is 0 Å². The summed E-state index contributed by atoms with van der Waals surface area (Å²) in [5.74, 6) is 0. The van der Waals surface area contributed by atoms with Crippen LogP contribution in [0, 0.1) is 0 Å². The molecule has 0 amide bonds. The molecule has 3 nitrogen and oxygen atoms in total. The van der Waals surface area contributed by atoms with Crippen LogP contribution < -0.4 is 4.74 Å². The van der Waals surface area contributed by atoms with E-state index in [1.54, 1.807) is 0 Å². The molecule has 1 heterocycles. The van der Waals surface area contributed by atoms with E-state index in [1.165, 1.54) is 6.20 Å². The van der Waals surface area contributed by atoms with Crippen molar-refractivity contribution in [3.05, 3.63) is 16.4 Å². The lowest BCUT2D eigenvalue weighted by atomic mass is 10.5. The zero-order valence-corrected chi connectivity index (χ0v) is 8.23. The van der Waals surface area contributed by atoms with E-state index < -0.39 is 0 Å². The lowest BCUT2D eigenvalue weighted by Gasteiger charge is -2.06. The molecular formula is C7H8Cl2N2O. The lowest BCUT2D eigenvalue weighted by molar-refractivity contribution is 0.222. The highest BCUT2D eigenvalue weighted by Gasteiger charge is 2.04. The summed E-state index contributed by atoms with van der Waals surface area (Å²) in [7, 11) is 0.